The molecular formula is C15H18N6. The third-order valence-electron chi connectivity index (χ3n) is 3.28. The van der Waals surface area contributed by atoms with Gasteiger partial charge < -0.3 is 9.88 Å². The lowest BCUT2D eigenvalue weighted by Crippen LogP contribution is -2.04. The van der Waals surface area contributed by atoms with E-state index in [1.807, 2.05) is 24.3 Å². The Kier molecular flexibility index (Phi) is 3.95. The molecule has 0 aliphatic carbocycles. The highest BCUT2D eigenvalue weighted by atomic mass is 15.5. The van der Waals surface area contributed by atoms with Crippen LogP contribution in [0, 0.1) is 0 Å². The molecule has 0 saturated carbocycles. The minimum atomic E-state index is 0.774. The highest BCUT2D eigenvalue weighted by Crippen LogP contribution is 2.19. The van der Waals surface area contributed by atoms with Crippen LogP contribution in [0.25, 0.3) is 5.69 Å². The summed E-state index contributed by atoms with van der Waals surface area (Å²) < 4.78 is 3.87. The van der Waals surface area contributed by atoms with Gasteiger partial charge in [0.15, 0.2) is 0 Å². The molecular weight excluding hydrogens is 264 g/mol. The summed E-state index contributed by atoms with van der Waals surface area (Å²) in [4.78, 5) is 0. The van der Waals surface area contributed by atoms with Crippen LogP contribution in [-0.2, 0) is 13.1 Å². The number of hydrogen-bond donors (Lipinski definition) is 1. The zero-order valence-electron chi connectivity index (χ0n) is 12.0. The van der Waals surface area contributed by atoms with Gasteiger partial charge in [-0.15, -0.1) is 5.10 Å². The normalized spacial score (nSPS) is 10.7. The molecule has 0 aliphatic heterocycles. The van der Waals surface area contributed by atoms with Crippen molar-refractivity contribution in [2.75, 3.05) is 5.32 Å². The number of aromatic nitrogens is 5. The molecule has 0 aliphatic rings. The van der Waals surface area contributed by atoms with E-state index in [0.29, 0.717) is 0 Å². The molecule has 0 fully saturated rings. The number of anilines is 1. The van der Waals surface area contributed by atoms with E-state index >= 15 is 0 Å². The van der Waals surface area contributed by atoms with Crippen molar-refractivity contribution in [1.29, 1.82) is 0 Å². The molecule has 0 amide bonds. The fourth-order valence-corrected chi connectivity index (χ4v) is 2.28. The summed E-state index contributed by atoms with van der Waals surface area (Å²) in [5.41, 5.74) is 3.21. The SMILES string of the molecule is CCCn1ccc(CNc2ccccc2-n2cnnn2)c1. The van der Waals surface area contributed by atoms with E-state index in [-0.39, 0.29) is 0 Å². The van der Waals surface area contributed by atoms with Gasteiger partial charge in [0.05, 0.1) is 11.4 Å². The van der Waals surface area contributed by atoms with Gasteiger partial charge in [-0.3, -0.25) is 0 Å². The Labute approximate surface area is 123 Å². The first-order valence-electron chi connectivity index (χ1n) is 7.07. The van der Waals surface area contributed by atoms with E-state index < -0.39 is 0 Å². The maximum atomic E-state index is 3.94. The fourth-order valence-electron chi connectivity index (χ4n) is 2.28. The zero-order chi connectivity index (χ0) is 14.5. The lowest BCUT2D eigenvalue weighted by atomic mass is 10.2. The van der Waals surface area contributed by atoms with Crippen LogP contribution in [0.4, 0.5) is 5.69 Å². The first kappa shape index (κ1) is 13.4. The van der Waals surface area contributed by atoms with Crippen molar-refractivity contribution < 1.29 is 0 Å². The molecule has 3 aromatic rings. The van der Waals surface area contributed by atoms with Gasteiger partial charge in [0, 0.05) is 25.5 Å². The molecule has 0 bridgehead atoms. The molecule has 0 saturated heterocycles. The second kappa shape index (κ2) is 6.21. The Balaban J connectivity index is 1.73. The second-order valence-corrected chi connectivity index (χ2v) is 4.88. The minimum Gasteiger partial charge on any atom is -0.379 e. The topological polar surface area (TPSA) is 60.6 Å². The summed E-state index contributed by atoms with van der Waals surface area (Å²) in [6.07, 6.45) is 7.03. The molecule has 1 aromatic carbocycles. The van der Waals surface area contributed by atoms with Gasteiger partial charge in [-0.25, -0.2) is 0 Å². The third-order valence-corrected chi connectivity index (χ3v) is 3.28. The molecule has 2 aromatic heterocycles. The van der Waals surface area contributed by atoms with Crippen LogP contribution in [0.1, 0.15) is 18.9 Å². The van der Waals surface area contributed by atoms with Crippen molar-refractivity contribution in [3.05, 3.63) is 54.6 Å². The number of rotatable bonds is 6. The Morgan fingerprint density at radius 3 is 2.90 bits per heavy atom. The van der Waals surface area contributed by atoms with Crippen LogP contribution >= 0.6 is 0 Å². The Hall–Kier alpha value is -2.63. The molecule has 0 atom stereocenters. The third kappa shape index (κ3) is 3.10. The number of hydrogen-bond acceptors (Lipinski definition) is 4. The maximum absolute atomic E-state index is 3.94. The zero-order valence-corrected chi connectivity index (χ0v) is 12.0. The summed E-state index contributed by atoms with van der Waals surface area (Å²) in [7, 11) is 0. The summed E-state index contributed by atoms with van der Waals surface area (Å²) in [6.45, 7) is 4.01. The van der Waals surface area contributed by atoms with Crippen LogP contribution in [0.3, 0.4) is 0 Å². The Morgan fingerprint density at radius 2 is 2.10 bits per heavy atom. The number of nitrogens with one attached hydrogen (secondary N) is 1. The van der Waals surface area contributed by atoms with Crippen LogP contribution in [0.5, 0.6) is 0 Å². The van der Waals surface area contributed by atoms with E-state index in [0.717, 1.165) is 30.9 Å². The van der Waals surface area contributed by atoms with Gasteiger partial charge in [-0.1, -0.05) is 19.1 Å². The summed E-state index contributed by atoms with van der Waals surface area (Å²) in [5, 5.41) is 14.8. The molecule has 3 rings (SSSR count). The lowest BCUT2D eigenvalue weighted by Gasteiger charge is -2.10. The predicted molar refractivity (Wildman–Crippen MR) is 81.2 cm³/mol. The quantitative estimate of drug-likeness (QED) is 0.754. The van der Waals surface area contributed by atoms with Crippen molar-refractivity contribution in [2.45, 2.75) is 26.4 Å². The fraction of sp³-hybridized carbons (Fsp3) is 0.267. The average molecular weight is 282 g/mol. The second-order valence-electron chi connectivity index (χ2n) is 4.88. The highest BCUT2D eigenvalue weighted by molar-refractivity contribution is 5.60. The minimum absolute atomic E-state index is 0.774. The molecule has 2 heterocycles. The molecule has 21 heavy (non-hydrogen) atoms. The summed E-state index contributed by atoms with van der Waals surface area (Å²) >= 11 is 0. The molecule has 0 radical (unpaired) electrons. The smallest absolute Gasteiger partial charge is 0.143 e. The Morgan fingerprint density at radius 1 is 1.19 bits per heavy atom. The largest absolute Gasteiger partial charge is 0.379 e. The van der Waals surface area contributed by atoms with Gasteiger partial charge in [0.25, 0.3) is 0 Å². The van der Waals surface area contributed by atoms with Crippen LogP contribution < -0.4 is 5.32 Å². The van der Waals surface area contributed by atoms with Crippen molar-refractivity contribution in [1.82, 2.24) is 24.8 Å². The first-order chi connectivity index (χ1) is 10.4. The maximum Gasteiger partial charge on any atom is 0.143 e. The van der Waals surface area contributed by atoms with Crippen molar-refractivity contribution >= 4 is 5.69 Å². The standard InChI is InChI=1S/C15H18N6/c1-2-8-20-9-7-13(11-20)10-16-14-5-3-4-6-15(14)21-12-17-18-19-21/h3-7,9,11-12,16H,2,8,10H2,1H3. The molecule has 0 unspecified atom stereocenters. The van der Waals surface area contributed by atoms with Gasteiger partial charge in [0.1, 0.15) is 6.33 Å². The van der Waals surface area contributed by atoms with Gasteiger partial charge in [0.2, 0.25) is 0 Å². The van der Waals surface area contributed by atoms with Crippen LogP contribution in [-0.4, -0.2) is 24.8 Å². The van der Waals surface area contributed by atoms with E-state index in [4.69, 9.17) is 0 Å². The lowest BCUT2D eigenvalue weighted by molar-refractivity contribution is 0.681. The Bertz CT molecular complexity index is 686. The summed E-state index contributed by atoms with van der Waals surface area (Å²) in [5.74, 6) is 0. The number of aryl methyl sites for hydroxylation is 1. The highest BCUT2D eigenvalue weighted by Gasteiger charge is 2.05. The van der Waals surface area contributed by atoms with Crippen molar-refractivity contribution in [2.24, 2.45) is 0 Å². The van der Waals surface area contributed by atoms with Gasteiger partial charge >= 0.3 is 0 Å². The molecule has 6 heteroatoms. The summed E-state index contributed by atoms with van der Waals surface area (Å²) in [6, 6.07) is 10.1. The number of tetrazole rings is 1. The van der Waals surface area contributed by atoms with Gasteiger partial charge in [-0.05, 0) is 40.6 Å². The molecule has 1 N–H and O–H groups in total. The predicted octanol–water partition coefficient (Wildman–Crippen LogP) is 2.49. The van der Waals surface area contributed by atoms with E-state index in [1.54, 1.807) is 11.0 Å². The molecule has 6 nitrogen and oxygen atoms in total. The number of nitrogens with zero attached hydrogens (tertiary/aromatic N) is 5. The number of para-hydroxylation sites is 2. The first-order valence-corrected chi connectivity index (χ1v) is 7.07. The average Bonchev–Trinajstić information content (AvgIpc) is 3.17. The van der Waals surface area contributed by atoms with Crippen molar-refractivity contribution in [3.8, 4) is 5.69 Å². The van der Waals surface area contributed by atoms with Crippen LogP contribution in [0.2, 0.25) is 0 Å². The van der Waals surface area contributed by atoms with E-state index in [9.17, 15) is 0 Å². The van der Waals surface area contributed by atoms with Crippen LogP contribution in [0.15, 0.2) is 49.1 Å². The van der Waals surface area contributed by atoms with E-state index in [2.05, 4.69) is 50.8 Å². The monoisotopic (exact) mass is 282 g/mol. The van der Waals surface area contributed by atoms with Crippen molar-refractivity contribution in [3.63, 3.8) is 0 Å². The number of benzene rings is 1. The van der Waals surface area contributed by atoms with Gasteiger partial charge in [-0.2, -0.15) is 4.68 Å². The molecule has 0 spiro atoms. The molecule has 108 valence electrons. The van der Waals surface area contributed by atoms with E-state index in [1.165, 1.54) is 5.56 Å².